The second kappa shape index (κ2) is 5.98. The van der Waals surface area contributed by atoms with Crippen LogP contribution in [0.5, 0.6) is 0 Å². The van der Waals surface area contributed by atoms with E-state index in [0.29, 0.717) is 41.4 Å². The smallest absolute Gasteiger partial charge is 0.253 e. The molecule has 0 spiro atoms. The van der Waals surface area contributed by atoms with Crippen LogP contribution in [0.15, 0.2) is 20.1 Å². The number of hydrogen-bond acceptors (Lipinski definition) is 5. The summed E-state index contributed by atoms with van der Waals surface area (Å²) in [5.74, 6) is 0. The van der Waals surface area contributed by atoms with Crippen LogP contribution >= 0.6 is 27.3 Å². The number of aliphatic hydroxyl groups excluding tert-OH is 1. The third-order valence-corrected chi connectivity index (χ3v) is 7.45. The first-order valence-corrected chi connectivity index (χ1v) is 8.73. The second-order valence-electron chi connectivity index (χ2n) is 4.03. The van der Waals surface area contributed by atoms with E-state index in [2.05, 4.69) is 20.8 Å². The van der Waals surface area contributed by atoms with Gasteiger partial charge in [-0.2, -0.15) is 4.31 Å². The molecule has 1 fully saturated rings. The molecule has 0 unspecified atom stereocenters. The number of sulfonamides is 1. The van der Waals surface area contributed by atoms with Crippen LogP contribution < -0.4 is 0 Å². The molecule has 0 aliphatic carbocycles. The van der Waals surface area contributed by atoms with Crippen molar-refractivity contribution in [1.82, 2.24) is 9.21 Å². The molecule has 1 aliphatic rings. The lowest BCUT2D eigenvalue weighted by molar-refractivity contribution is 0.151. The Labute approximate surface area is 119 Å². The summed E-state index contributed by atoms with van der Waals surface area (Å²) < 4.78 is 27.3. The van der Waals surface area contributed by atoms with Crippen molar-refractivity contribution in [2.24, 2.45) is 0 Å². The molecular weight excluding hydrogens is 340 g/mol. The molecule has 2 rings (SSSR count). The summed E-state index contributed by atoms with van der Waals surface area (Å²) in [7, 11) is -3.37. The van der Waals surface area contributed by atoms with Gasteiger partial charge in [-0.3, -0.25) is 4.90 Å². The minimum atomic E-state index is -3.37. The molecule has 0 amide bonds. The molecule has 1 aliphatic heterocycles. The quantitative estimate of drug-likeness (QED) is 0.868. The van der Waals surface area contributed by atoms with Crippen LogP contribution in [0.1, 0.15) is 0 Å². The van der Waals surface area contributed by atoms with E-state index in [0.717, 1.165) is 0 Å². The zero-order valence-electron chi connectivity index (χ0n) is 9.75. The summed E-state index contributed by atoms with van der Waals surface area (Å²) in [5.41, 5.74) is 0. The van der Waals surface area contributed by atoms with Gasteiger partial charge in [-0.05, 0) is 27.4 Å². The molecule has 8 heteroatoms. The molecule has 1 saturated heterocycles. The number of aliphatic hydroxyl groups is 1. The van der Waals surface area contributed by atoms with Crippen LogP contribution in [0.2, 0.25) is 0 Å². The van der Waals surface area contributed by atoms with Gasteiger partial charge in [0.25, 0.3) is 10.0 Å². The van der Waals surface area contributed by atoms with Gasteiger partial charge in [-0.25, -0.2) is 8.42 Å². The average molecular weight is 355 g/mol. The highest BCUT2D eigenvalue weighted by atomic mass is 79.9. The van der Waals surface area contributed by atoms with Gasteiger partial charge in [-0.1, -0.05) is 0 Å². The van der Waals surface area contributed by atoms with Gasteiger partial charge in [0.15, 0.2) is 0 Å². The molecule has 0 bridgehead atoms. The molecule has 1 N–H and O–H groups in total. The molecule has 18 heavy (non-hydrogen) atoms. The Morgan fingerprint density at radius 2 is 2.00 bits per heavy atom. The molecule has 0 atom stereocenters. The summed E-state index contributed by atoms with van der Waals surface area (Å²) in [5, 5.41) is 10.6. The maximum absolute atomic E-state index is 12.4. The highest BCUT2D eigenvalue weighted by Crippen LogP contribution is 2.30. The normalized spacial score (nSPS) is 19.2. The van der Waals surface area contributed by atoms with Crippen molar-refractivity contribution in [2.45, 2.75) is 4.21 Å². The standard InChI is InChI=1S/C10H15BrN2O3S2/c11-9-1-8-17-10(9)18(15,16)13-4-2-12(3-5-13)6-7-14/h1,8,14H,2-7H2. The Morgan fingerprint density at radius 3 is 2.50 bits per heavy atom. The van der Waals surface area contributed by atoms with E-state index in [9.17, 15) is 8.42 Å². The SMILES string of the molecule is O=S(=O)(c1sccc1Br)N1CCN(CCO)CC1. The van der Waals surface area contributed by atoms with E-state index < -0.39 is 10.0 Å². The number of β-amino-alcohol motifs (C(OH)–C–C–N with tert-alkyl or cyclic N) is 1. The minimum Gasteiger partial charge on any atom is -0.395 e. The highest BCUT2D eigenvalue weighted by Gasteiger charge is 2.30. The number of halogens is 1. The fourth-order valence-corrected chi connectivity index (χ4v) is 5.79. The zero-order valence-corrected chi connectivity index (χ0v) is 13.0. The first-order valence-electron chi connectivity index (χ1n) is 5.62. The molecule has 1 aromatic rings. The van der Waals surface area contributed by atoms with Gasteiger partial charge in [-0.15, -0.1) is 11.3 Å². The van der Waals surface area contributed by atoms with Crippen LogP contribution in [0.25, 0.3) is 0 Å². The van der Waals surface area contributed by atoms with Crippen molar-refractivity contribution in [1.29, 1.82) is 0 Å². The summed E-state index contributed by atoms with van der Waals surface area (Å²) in [6.07, 6.45) is 0. The third kappa shape index (κ3) is 2.94. The van der Waals surface area contributed by atoms with Gasteiger partial charge in [0, 0.05) is 37.2 Å². The Morgan fingerprint density at radius 1 is 1.33 bits per heavy atom. The van der Waals surface area contributed by atoms with E-state index in [4.69, 9.17) is 5.11 Å². The van der Waals surface area contributed by atoms with Crippen LogP contribution in [0.4, 0.5) is 0 Å². The number of hydrogen-bond donors (Lipinski definition) is 1. The zero-order chi connectivity index (χ0) is 13.2. The van der Waals surface area contributed by atoms with E-state index in [-0.39, 0.29) is 6.61 Å². The van der Waals surface area contributed by atoms with Gasteiger partial charge in [0.2, 0.25) is 0 Å². The van der Waals surface area contributed by atoms with Crippen molar-refractivity contribution in [3.63, 3.8) is 0 Å². The summed E-state index contributed by atoms with van der Waals surface area (Å²) >= 11 is 4.50. The van der Waals surface area contributed by atoms with Gasteiger partial charge < -0.3 is 5.11 Å². The monoisotopic (exact) mass is 354 g/mol. The topological polar surface area (TPSA) is 60.9 Å². The van der Waals surface area contributed by atoms with Gasteiger partial charge in [0.1, 0.15) is 4.21 Å². The average Bonchev–Trinajstić information content (AvgIpc) is 2.77. The highest BCUT2D eigenvalue weighted by molar-refractivity contribution is 9.10. The lowest BCUT2D eigenvalue weighted by Crippen LogP contribution is -2.49. The number of rotatable bonds is 4. The predicted octanol–water partition coefficient (Wildman–Crippen LogP) is 0.809. The predicted molar refractivity (Wildman–Crippen MR) is 74.3 cm³/mol. The fourth-order valence-electron chi connectivity index (χ4n) is 1.92. The third-order valence-electron chi connectivity index (χ3n) is 2.91. The van der Waals surface area contributed by atoms with E-state index in [1.54, 1.807) is 11.4 Å². The summed E-state index contributed by atoms with van der Waals surface area (Å²) in [4.78, 5) is 2.06. The molecule has 2 heterocycles. The second-order valence-corrected chi connectivity index (χ2v) is 7.93. The van der Waals surface area contributed by atoms with Crippen molar-refractivity contribution >= 4 is 37.3 Å². The number of nitrogens with zero attached hydrogens (tertiary/aromatic N) is 2. The number of thiophene rings is 1. The van der Waals surface area contributed by atoms with Crippen molar-refractivity contribution in [2.75, 3.05) is 39.3 Å². The maximum Gasteiger partial charge on any atom is 0.253 e. The first kappa shape index (κ1) is 14.4. The maximum atomic E-state index is 12.4. The van der Waals surface area contributed by atoms with Crippen LogP contribution in [0, 0.1) is 0 Å². The Hall–Kier alpha value is 0.01000. The van der Waals surface area contributed by atoms with Crippen molar-refractivity contribution < 1.29 is 13.5 Å². The first-order chi connectivity index (χ1) is 8.55. The molecule has 5 nitrogen and oxygen atoms in total. The Kier molecular flexibility index (Phi) is 4.79. The summed E-state index contributed by atoms with van der Waals surface area (Å²) in [6.45, 7) is 3.02. The Bertz CT molecular complexity index is 495. The molecule has 0 aromatic carbocycles. The largest absolute Gasteiger partial charge is 0.395 e. The van der Waals surface area contributed by atoms with Gasteiger partial charge >= 0.3 is 0 Å². The van der Waals surface area contributed by atoms with Crippen LogP contribution in [0.3, 0.4) is 0 Å². The molecule has 0 saturated carbocycles. The summed E-state index contributed by atoms with van der Waals surface area (Å²) in [6, 6.07) is 1.75. The lowest BCUT2D eigenvalue weighted by Gasteiger charge is -2.33. The van der Waals surface area contributed by atoms with Crippen molar-refractivity contribution in [3.05, 3.63) is 15.9 Å². The molecule has 102 valence electrons. The fraction of sp³-hybridized carbons (Fsp3) is 0.600. The Balaban J connectivity index is 2.08. The van der Waals surface area contributed by atoms with E-state index in [1.165, 1.54) is 15.6 Å². The minimum absolute atomic E-state index is 0.114. The van der Waals surface area contributed by atoms with Crippen LogP contribution in [-0.2, 0) is 10.0 Å². The van der Waals surface area contributed by atoms with Crippen molar-refractivity contribution in [3.8, 4) is 0 Å². The molecule has 0 radical (unpaired) electrons. The lowest BCUT2D eigenvalue weighted by atomic mass is 10.4. The molecular formula is C10H15BrN2O3S2. The molecule has 1 aromatic heterocycles. The van der Waals surface area contributed by atoms with E-state index >= 15 is 0 Å². The van der Waals surface area contributed by atoms with E-state index in [1.807, 2.05) is 0 Å². The van der Waals surface area contributed by atoms with Gasteiger partial charge in [0.05, 0.1) is 6.61 Å². The van der Waals surface area contributed by atoms with Crippen LogP contribution in [-0.4, -0.2) is 62.1 Å². The number of piperazine rings is 1.